The number of hydrogen-bond acceptors (Lipinski definition) is 6. The number of piperazine rings is 1. The molecule has 154 valence electrons. The molecule has 8 nitrogen and oxygen atoms in total. The van der Waals surface area contributed by atoms with Crippen LogP contribution in [-0.4, -0.2) is 72.8 Å². The Balaban J connectivity index is 1.50. The van der Waals surface area contributed by atoms with Crippen molar-refractivity contribution in [2.24, 2.45) is 0 Å². The molecule has 0 amide bonds. The summed E-state index contributed by atoms with van der Waals surface area (Å²) in [6.07, 6.45) is 0. The molecule has 2 aromatic carbocycles. The molecule has 9 heteroatoms. The molecule has 1 saturated heterocycles. The van der Waals surface area contributed by atoms with E-state index in [2.05, 4.69) is 41.9 Å². The fraction of sp³-hybridized carbons (Fsp3) is 0.333. The van der Waals surface area contributed by atoms with Gasteiger partial charge in [-0.2, -0.15) is 0 Å². The number of benzene rings is 2. The van der Waals surface area contributed by atoms with Crippen LogP contribution < -0.4 is 0 Å². The fourth-order valence-electron chi connectivity index (χ4n) is 3.77. The van der Waals surface area contributed by atoms with Crippen LogP contribution in [0.3, 0.4) is 0 Å². The van der Waals surface area contributed by atoms with Gasteiger partial charge in [0.25, 0.3) is 0 Å². The van der Waals surface area contributed by atoms with E-state index >= 15 is 0 Å². The molecule has 30 heavy (non-hydrogen) atoms. The maximum Gasteiger partial charge on any atom is 0.165 e. The number of likely N-dealkylation sites (N-methyl/N-ethyl adjacent to an activating group) is 1. The highest BCUT2D eigenvalue weighted by Gasteiger charge is 2.20. The molecule has 0 unspecified atom stereocenters. The van der Waals surface area contributed by atoms with Gasteiger partial charge in [-0.05, 0) is 43.4 Å². The summed E-state index contributed by atoms with van der Waals surface area (Å²) in [5.74, 6) is 1.69. The third-order valence-electron chi connectivity index (χ3n) is 5.58. The number of rotatable bonds is 5. The first kappa shape index (κ1) is 19.2. The zero-order chi connectivity index (χ0) is 20.5. The highest BCUT2D eigenvalue weighted by atomic mass is 35.5. The van der Waals surface area contributed by atoms with Crippen LogP contribution in [0, 0.1) is 0 Å². The molecule has 5 rings (SSSR count). The minimum absolute atomic E-state index is 0.509. The van der Waals surface area contributed by atoms with Gasteiger partial charge >= 0.3 is 0 Å². The zero-order valence-corrected chi connectivity index (χ0v) is 17.6. The van der Waals surface area contributed by atoms with Crippen molar-refractivity contribution in [3.05, 3.63) is 59.4 Å². The summed E-state index contributed by atoms with van der Waals surface area (Å²) in [5, 5.41) is 18.4. The molecule has 0 saturated carbocycles. The van der Waals surface area contributed by atoms with Crippen LogP contribution >= 0.6 is 11.6 Å². The molecule has 1 fully saturated rings. The van der Waals surface area contributed by atoms with Crippen LogP contribution in [0.15, 0.2) is 48.5 Å². The lowest BCUT2D eigenvalue weighted by Crippen LogP contribution is -2.45. The van der Waals surface area contributed by atoms with E-state index in [1.165, 1.54) is 0 Å². The Bertz CT molecular complexity index is 1140. The maximum absolute atomic E-state index is 6.09. The van der Waals surface area contributed by atoms with Gasteiger partial charge in [0.1, 0.15) is 12.1 Å². The average Bonchev–Trinajstić information content (AvgIpc) is 3.35. The predicted molar refractivity (Wildman–Crippen MR) is 116 cm³/mol. The highest BCUT2D eigenvalue weighted by Crippen LogP contribution is 2.22. The highest BCUT2D eigenvalue weighted by molar-refractivity contribution is 6.30. The number of para-hydroxylation sites is 1. The minimum Gasteiger partial charge on any atom is -0.304 e. The SMILES string of the molecule is CN1CCN(Cn2c(Cn3nnc4ccccc43)nnc2-c2ccc(Cl)cc2)CC1. The van der Waals surface area contributed by atoms with Crippen LogP contribution in [-0.2, 0) is 13.2 Å². The number of nitrogens with zero attached hydrogens (tertiary/aromatic N) is 8. The Morgan fingerprint density at radius 2 is 1.67 bits per heavy atom. The van der Waals surface area contributed by atoms with E-state index in [9.17, 15) is 0 Å². The second-order valence-corrected chi connectivity index (χ2v) is 8.11. The smallest absolute Gasteiger partial charge is 0.165 e. The van der Waals surface area contributed by atoms with Gasteiger partial charge in [-0.3, -0.25) is 9.47 Å². The van der Waals surface area contributed by atoms with Crippen molar-refractivity contribution in [1.29, 1.82) is 0 Å². The molecule has 2 aromatic heterocycles. The third-order valence-corrected chi connectivity index (χ3v) is 5.83. The average molecular weight is 423 g/mol. The number of hydrogen-bond donors (Lipinski definition) is 0. The second-order valence-electron chi connectivity index (χ2n) is 7.67. The molecule has 0 aliphatic carbocycles. The van der Waals surface area contributed by atoms with Crippen molar-refractivity contribution in [3.63, 3.8) is 0 Å². The summed E-state index contributed by atoms with van der Waals surface area (Å²) < 4.78 is 4.07. The summed E-state index contributed by atoms with van der Waals surface area (Å²) in [6, 6.07) is 15.7. The van der Waals surface area contributed by atoms with Gasteiger partial charge in [-0.25, -0.2) is 4.68 Å². The molecule has 0 bridgehead atoms. The van der Waals surface area contributed by atoms with E-state index in [0.29, 0.717) is 11.6 Å². The second kappa shape index (κ2) is 8.14. The number of aromatic nitrogens is 6. The maximum atomic E-state index is 6.09. The lowest BCUT2D eigenvalue weighted by molar-refractivity contribution is 0.124. The van der Waals surface area contributed by atoms with E-state index in [1.807, 2.05) is 53.2 Å². The van der Waals surface area contributed by atoms with Crippen molar-refractivity contribution >= 4 is 22.6 Å². The molecule has 4 aromatic rings. The Labute approximate surface area is 179 Å². The van der Waals surface area contributed by atoms with E-state index in [1.54, 1.807) is 0 Å². The predicted octanol–water partition coefficient (Wildman–Crippen LogP) is 2.60. The molecular weight excluding hydrogens is 400 g/mol. The van der Waals surface area contributed by atoms with E-state index < -0.39 is 0 Å². The first-order valence-corrected chi connectivity index (χ1v) is 10.4. The quantitative estimate of drug-likeness (QED) is 0.492. The molecule has 0 atom stereocenters. The lowest BCUT2D eigenvalue weighted by Gasteiger charge is -2.33. The Kier molecular flexibility index (Phi) is 5.20. The summed E-state index contributed by atoms with van der Waals surface area (Å²) in [7, 11) is 2.16. The first-order valence-electron chi connectivity index (χ1n) is 10.0. The van der Waals surface area contributed by atoms with Gasteiger partial charge in [0.15, 0.2) is 11.6 Å². The van der Waals surface area contributed by atoms with Crippen LogP contribution in [0.4, 0.5) is 0 Å². The van der Waals surface area contributed by atoms with E-state index in [-0.39, 0.29) is 0 Å². The van der Waals surface area contributed by atoms with Gasteiger partial charge < -0.3 is 4.90 Å². The van der Waals surface area contributed by atoms with Crippen molar-refractivity contribution in [3.8, 4) is 11.4 Å². The Morgan fingerprint density at radius 3 is 2.47 bits per heavy atom. The largest absolute Gasteiger partial charge is 0.304 e. The van der Waals surface area contributed by atoms with Gasteiger partial charge in [0.2, 0.25) is 0 Å². The van der Waals surface area contributed by atoms with Crippen LogP contribution in [0.2, 0.25) is 5.02 Å². The third kappa shape index (κ3) is 3.81. The summed E-state index contributed by atoms with van der Waals surface area (Å²) in [5.41, 5.74) is 2.86. The van der Waals surface area contributed by atoms with E-state index in [4.69, 9.17) is 11.6 Å². The van der Waals surface area contributed by atoms with Crippen molar-refractivity contribution in [2.75, 3.05) is 33.2 Å². The van der Waals surface area contributed by atoms with Crippen LogP contribution in [0.25, 0.3) is 22.4 Å². The van der Waals surface area contributed by atoms with Crippen molar-refractivity contribution < 1.29 is 0 Å². The minimum atomic E-state index is 0.509. The standard InChI is InChI=1S/C21H23ClN8/c1-27-10-12-28(13-11-27)15-29-20(14-30-19-5-3-2-4-18(19)23-26-30)24-25-21(29)16-6-8-17(22)9-7-16/h2-9H,10-15H2,1H3. The Morgan fingerprint density at radius 1 is 0.900 bits per heavy atom. The molecule has 0 N–H and O–H groups in total. The monoisotopic (exact) mass is 422 g/mol. The molecule has 1 aliphatic heterocycles. The lowest BCUT2D eigenvalue weighted by atomic mass is 10.2. The van der Waals surface area contributed by atoms with Gasteiger partial charge in [0, 0.05) is 36.8 Å². The first-order chi connectivity index (χ1) is 14.7. The Hall–Kier alpha value is -2.81. The molecule has 1 aliphatic rings. The number of halogens is 1. The topological polar surface area (TPSA) is 67.9 Å². The summed E-state index contributed by atoms with van der Waals surface area (Å²) in [4.78, 5) is 4.79. The van der Waals surface area contributed by atoms with E-state index in [0.717, 1.165) is 61.1 Å². The summed E-state index contributed by atoms with van der Waals surface area (Å²) in [6.45, 7) is 5.39. The summed E-state index contributed by atoms with van der Waals surface area (Å²) >= 11 is 6.09. The molecule has 0 radical (unpaired) electrons. The van der Waals surface area contributed by atoms with Crippen molar-refractivity contribution in [2.45, 2.75) is 13.2 Å². The van der Waals surface area contributed by atoms with Crippen molar-refractivity contribution in [1.82, 2.24) is 39.6 Å². The number of fused-ring (bicyclic) bond motifs is 1. The molecule has 0 spiro atoms. The molecular formula is C21H23ClN8. The van der Waals surface area contributed by atoms with Crippen LogP contribution in [0.5, 0.6) is 0 Å². The zero-order valence-electron chi connectivity index (χ0n) is 16.8. The van der Waals surface area contributed by atoms with Gasteiger partial charge in [-0.1, -0.05) is 28.9 Å². The molecule has 3 heterocycles. The normalized spacial score (nSPS) is 15.8. The van der Waals surface area contributed by atoms with Gasteiger partial charge in [-0.15, -0.1) is 15.3 Å². The van der Waals surface area contributed by atoms with Crippen LogP contribution in [0.1, 0.15) is 5.82 Å². The fourth-order valence-corrected chi connectivity index (χ4v) is 3.90. The van der Waals surface area contributed by atoms with Gasteiger partial charge in [0.05, 0.1) is 12.2 Å².